The first kappa shape index (κ1) is 40.4. The highest BCUT2D eigenvalue weighted by Gasteiger charge is 2.17. The smallest absolute Gasteiger partial charge is 0.162 e. The third-order valence-corrected chi connectivity index (χ3v) is 8.21. The van der Waals surface area contributed by atoms with Crippen LogP contribution in [0.5, 0.6) is 0 Å². The summed E-state index contributed by atoms with van der Waals surface area (Å²) in [7, 11) is 0. The molecule has 0 N–H and O–H groups in total. The van der Waals surface area contributed by atoms with Crippen molar-refractivity contribution in [1.29, 1.82) is 0 Å². The Morgan fingerprint density at radius 3 is 0.878 bits per heavy atom. The van der Waals surface area contributed by atoms with E-state index in [-0.39, 0.29) is 0 Å². The second-order valence-corrected chi connectivity index (χ2v) is 13.0. The maximum Gasteiger partial charge on any atom is 0.162 e. The third-order valence-electron chi connectivity index (χ3n) is 8.21. The lowest BCUT2D eigenvalue weighted by Crippen LogP contribution is -2.29. The largest absolute Gasteiger partial charge is 0.351 e. The zero-order chi connectivity index (χ0) is 30.0. The topological polar surface area (TPSA) is 18.5 Å². The average Bonchev–Trinajstić information content (AvgIpc) is 2.96. The molecule has 0 spiro atoms. The minimum absolute atomic E-state index is 0.441. The van der Waals surface area contributed by atoms with Gasteiger partial charge >= 0.3 is 0 Å². The summed E-state index contributed by atoms with van der Waals surface area (Å²) in [6.07, 6.45) is 47.2. The number of hydrogen-bond donors (Lipinski definition) is 0. The van der Waals surface area contributed by atoms with Crippen LogP contribution in [0.3, 0.4) is 0 Å². The van der Waals surface area contributed by atoms with E-state index in [0.717, 1.165) is 26.1 Å². The zero-order valence-electron chi connectivity index (χ0n) is 28.8. The fraction of sp³-hybridized carbons (Fsp3) is 0.897. The van der Waals surface area contributed by atoms with E-state index in [1.165, 1.54) is 167 Å². The van der Waals surface area contributed by atoms with Gasteiger partial charge in [0, 0.05) is 13.2 Å². The van der Waals surface area contributed by atoms with Crippen LogP contribution >= 0.6 is 0 Å². The highest BCUT2D eigenvalue weighted by atomic mass is 16.7. The van der Waals surface area contributed by atoms with Crippen molar-refractivity contribution in [3.63, 3.8) is 0 Å². The first-order valence-electron chi connectivity index (χ1n) is 18.7. The van der Waals surface area contributed by atoms with Gasteiger partial charge in [-0.25, -0.2) is 0 Å². The molecule has 0 aliphatic carbocycles. The molecule has 2 heteroatoms. The molecule has 0 saturated carbocycles. The molecule has 0 heterocycles. The highest BCUT2D eigenvalue weighted by molar-refractivity contribution is 4.82. The van der Waals surface area contributed by atoms with E-state index in [0.29, 0.717) is 0 Å². The number of hydrogen-bond acceptors (Lipinski definition) is 2. The summed E-state index contributed by atoms with van der Waals surface area (Å²) in [5.41, 5.74) is 0. The number of rotatable bonds is 34. The molecule has 0 amide bonds. The van der Waals surface area contributed by atoms with Gasteiger partial charge in [-0.15, -0.1) is 0 Å². The zero-order valence-corrected chi connectivity index (χ0v) is 28.8. The normalized spacial score (nSPS) is 12.4. The average molecular weight is 577 g/mol. The van der Waals surface area contributed by atoms with Crippen molar-refractivity contribution in [2.24, 2.45) is 0 Å². The van der Waals surface area contributed by atoms with Crippen molar-refractivity contribution in [2.45, 2.75) is 213 Å². The van der Waals surface area contributed by atoms with Gasteiger partial charge in [0.1, 0.15) is 0 Å². The van der Waals surface area contributed by atoms with Gasteiger partial charge in [0.2, 0.25) is 0 Å². The van der Waals surface area contributed by atoms with Gasteiger partial charge in [-0.3, -0.25) is 0 Å². The molecule has 0 aliphatic heterocycles. The molecule has 0 bridgehead atoms. The molecule has 0 atom stereocenters. The van der Waals surface area contributed by atoms with Crippen LogP contribution in [0.25, 0.3) is 0 Å². The Labute approximate surface area is 259 Å². The number of allylic oxidation sites excluding steroid dienone is 4. The van der Waals surface area contributed by atoms with Crippen LogP contribution in [0.2, 0.25) is 0 Å². The fourth-order valence-corrected chi connectivity index (χ4v) is 5.38. The monoisotopic (exact) mass is 577 g/mol. The molecule has 0 fully saturated rings. The van der Waals surface area contributed by atoms with Crippen LogP contribution in [0.4, 0.5) is 0 Å². The van der Waals surface area contributed by atoms with Crippen molar-refractivity contribution in [3.8, 4) is 0 Å². The van der Waals surface area contributed by atoms with Crippen molar-refractivity contribution >= 4 is 0 Å². The lowest BCUT2D eigenvalue weighted by atomic mass is 10.1. The summed E-state index contributed by atoms with van der Waals surface area (Å²) in [5, 5.41) is 0. The molecule has 0 saturated heterocycles. The van der Waals surface area contributed by atoms with E-state index in [1.54, 1.807) is 0 Å². The van der Waals surface area contributed by atoms with Crippen LogP contribution in [0.15, 0.2) is 24.3 Å². The summed E-state index contributed by atoms with van der Waals surface area (Å²) in [6.45, 7) is 10.4. The number of unbranched alkanes of at least 4 members (excludes halogenated alkanes) is 24. The molecule has 2 nitrogen and oxygen atoms in total. The molecule has 0 aromatic heterocycles. The Balaban J connectivity index is 3.34. The Bertz CT molecular complexity index is 490. The number of ether oxygens (including phenoxy) is 2. The van der Waals surface area contributed by atoms with Crippen LogP contribution in [-0.2, 0) is 9.47 Å². The molecule has 0 aliphatic rings. The van der Waals surface area contributed by atoms with Crippen LogP contribution in [0, 0.1) is 0 Å². The van der Waals surface area contributed by atoms with Gasteiger partial charge in [0.05, 0.1) is 0 Å². The Morgan fingerprint density at radius 2 is 0.585 bits per heavy atom. The first-order valence-corrected chi connectivity index (χ1v) is 18.7. The van der Waals surface area contributed by atoms with Crippen molar-refractivity contribution in [2.75, 3.05) is 13.2 Å². The summed E-state index contributed by atoms with van der Waals surface area (Å²) >= 11 is 0. The van der Waals surface area contributed by atoms with Gasteiger partial charge in [-0.1, -0.05) is 154 Å². The minimum atomic E-state index is -0.441. The first-order chi connectivity index (χ1) is 20.1. The highest BCUT2D eigenvalue weighted by Crippen LogP contribution is 2.16. The molecular weight excluding hydrogens is 500 g/mol. The van der Waals surface area contributed by atoms with Crippen molar-refractivity contribution in [1.82, 2.24) is 0 Å². The Kier molecular flexibility index (Phi) is 33.4. The molecule has 41 heavy (non-hydrogen) atoms. The SMILES string of the molecule is CCCCCCCC/C=C\CCCCCCCCOC(C)(C)OCCCCCCCC/C=C\CCCCCCCC. The quantitative estimate of drug-likeness (QED) is 0.0431. The Morgan fingerprint density at radius 1 is 0.341 bits per heavy atom. The van der Waals surface area contributed by atoms with Gasteiger partial charge in [-0.05, 0) is 78.1 Å². The maximum absolute atomic E-state index is 6.04. The lowest BCUT2D eigenvalue weighted by molar-refractivity contribution is -0.214. The van der Waals surface area contributed by atoms with Crippen LogP contribution < -0.4 is 0 Å². The second-order valence-electron chi connectivity index (χ2n) is 13.0. The van der Waals surface area contributed by atoms with E-state index >= 15 is 0 Å². The van der Waals surface area contributed by atoms with Crippen molar-refractivity contribution in [3.05, 3.63) is 24.3 Å². The van der Waals surface area contributed by atoms with Gasteiger partial charge < -0.3 is 9.47 Å². The third kappa shape index (κ3) is 35.5. The second kappa shape index (κ2) is 33.9. The van der Waals surface area contributed by atoms with E-state index in [2.05, 4.69) is 52.0 Å². The summed E-state index contributed by atoms with van der Waals surface area (Å²) in [6, 6.07) is 0. The maximum atomic E-state index is 6.04. The van der Waals surface area contributed by atoms with Crippen LogP contribution in [-0.4, -0.2) is 19.0 Å². The van der Waals surface area contributed by atoms with Crippen molar-refractivity contribution < 1.29 is 9.47 Å². The fourth-order valence-electron chi connectivity index (χ4n) is 5.38. The molecule has 0 rings (SSSR count). The molecular formula is C39H76O2. The van der Waals surface area contributed by atoms with Crippen LogP contribution in [0.1, 0.15) is 207 Å². The minimum Gasteiger partial charge on any atom is -0.351 e. The predicted octanol–water partition coefficient (Wildman–Crippen LogP) is 13.8. The molecule has 244 valence electrons. The van der Waals surface area contributed by atoms with E-state index in [9.17, 15) is 0 Å². The van der Waals surface area contributed by atoms with E-state index < -0.39 is 5.79 Å². The summed E-state index contributed by atoms with van der Waals surface area (Å²) < 4.78 is 12.1. The molecule has 0 aromatic rings. The van der Waals surface area contributed by atoms with Gasteiger partial charge in [0.15, 0.2) is 5.79 Å². The molecule has 0 radical (unpaired) electrons. The molecule has 0 unspecified atom stereocenters. The predicted molar refractivity (Wildman–Crippen MR) is 185 cm³/mol. The Hall–Kier alpha value is -0.600. The lowest BCUT2D eigenvalue weighted by Gasteiger charge is -2.25. The summed E-state index contributed by atoms with van der Waals surface area (Å²) in [4.78, 5) is 0. The van der Waals surface area contributed by atoms with E-state index in [1.807, 2.05) is 0 Å². The van der Waals surface area contributed by atoms with E-state index in [4.69, 9.17) is 9.47 Å². The van der Waals surface area contributed by atoms with Gasteiger partial charge in [0.25, 0.3) is 0 Å². The van der Waals surface area contributed by atoms with Gasteiger partial charge in [-0.2, -0.15) is 0 Å². The molecule has 0 aromatic carbocycles. The standard InChI is InChI=1S/C39H76O2/c1-5-7-9-11-13-15-17-19-21-23-25-27-29-31-33-35-37-40-39(3,4)41-38-36-34-32-30-28-26-24-22-20-18-16-14-12-10-8-6-2/h19-22H,5-18,23-38H2,1-4H3/b21-19-,22-20-. The summed E-state index contributed by atoms with van der Waals surface area (Å²) in [5.74, 6) is -0.441.